The van der Waals surface area contributed by atoms with Crippen molar-refractivity contribution in [1.82, 2.24) is 19.7 Å². The Kier molecular flexibility index (Phi) is 6.60. The summed E-state index contributed by atoms with van der Waals surface area (Å²) in [6.45, 7) is 9.73. The molecule has 0 spiro atoms. The highest BCUT2D eigenvalue weighted by molar-refractivity contribution is 5.84. The average molecular weight is 382 g/mol. The van der Waals surface area contributed by atoms with Crippen LogP contribution in [0.4, 0.5) is 0 Å². The zero-order chi connectivity index (χ0) is 19.9. The van der Waals surface area contributed by atoms with Gasteiger partial charge in [0.25, 0.3) is 5.56 Å². The highest BCUT2D eigenvalue weighted by Crippen LogP contribution is 2.21. The van der Waals surface area contributed by atoms with E-state index in [9.17, 15) is 4.79 Å². The van der Waals surface area contributed by atoms with Crippen LogP contribution in [0.25, 0.3) is 16.8 Å². The molecule has 0 amide bonds. The van der Waals surface area contributed by atoms with E-state index in [1.165, 1.54) is 0 Å². The average Bonchev–Trinajstić information content (AvgIpc) is 3.05. The second-order valence-corrected chi connectivity index (χ2v) is 6.58. The van der Waals surface area contributed by atoms with Crippen molar-refractivity contribution in [2.24, 2.45) is 0 Å². The van der Waals surface area contributed by atoms with Gasteiger partial charge in [-0.2, -0.15) is 5.10 Å². The van der Waals surface area contributed by atoms with Crippen molar-refractivity contribution in [2.45, 2.75) is 39.8 Å². The van der Waals surface area contributed by atoms with Gasteiger partial charge in [-0.25, -0.2) is 4.98 Å². The van der Waals surface area contributed by atoms with Crippen LogP contribution in [0.15, 0.2) is 41.7 Å². The monoisotopic (exact) mass is 382 g/mol. The van der Waals surface area contributed by atoms with Gasteiger partial charge in [-0.3, -0.25) is 9.48 Å². The van der Waals surface area contributed by atoms with Crippen molar-refractivity contribution >= 4 is 16.8 Å². The van der Waals surface area contributed by atoms with Crippen molar-refractivity contribution in [1.29, 1.82) is 0 Å². The number of H-pyrrole nitrogens is 1. The van der Waals surface area contributed by atoms with Crippen LogP contribution >= 0.6 is 0 Å². The number of benzene rings is 1. The van der Waals surface area contributed by atoms with Crippen molar-refractivity contribution in [2.75, 3.05) is 13.2 Å². The molecule has 28 heavy (non-hydrogen) atoms. The molecule has 0 atom stereocenters. The van der Waals surface area contributed by atoms with Gasteiger partial charge in [0.05, 0.1) is 26.4 Å². The second kappa shape index (κ2) is 9.32. The van der Waals surface area contributed by atoms with Gasteiger partial charge < -0.3 is 14.5 Å². The van der Waals surface area contributed by atoms with Crippen LogP contribution in [-0.2, 0) is 22.6 Å². The summed E-state index contributed by atoms with van der Waals surface area (Å²) < 4.78 is 13.1. The predicted octanol–water partition coefficient (Wildman–Crippen LogP) is 3.43. The van der Waals surface area contributed by atoms with E-state index >= 15 is 0 Å². The zero-order valence-electron chi connectivity index (χ0n) is 16.4. The molecule has 148 valence electrons. The zero-order valence-corrected chi connectivity index (χ0v) is 16.4. The molecule has 0 saturated heterocycles. The number of hydrogen-bond donors (Lipinski definition) is 1. The third-order valence-electron chi connectivity index (χ3n) is 4.31. The van der Waals surface area contributed by atoms with E-state index in [2.05, 4.69) is 28.6 Å². The lowest BCUT2D eigenvalue weighted by atomic mass is 10.2. The lowest BCUT2D eigenvalue weighted by molar-refractivity contribution is 0.111. The maximum Gasteiger partial charge on any atom is 0.277 e. The Morgan fingerprint density at radius 3 is 2.79 bits per heavy atom. The molecule has 3 aromatic rings. The van der Waals surface area contributed by atoms with E-state index in [1.54, 1.807) is 11.6 Å². The van der Waals surface area contributed by atoms with Crippen LogP contribution in [0.2, 0.25) is 0 Å². The molecule has 1 N–H and O–H groups in total. The molecule has 0 unspecified atom stereocenters. The Balaban J connectivity index is 1.77. The van der Waals surface area contributed by atoms with Crippen LogP contribution in [0, 0.1) is 6.92 Å². The van der Waals surface area contributed by atoms with Crippen molar-refractivity contribution in [3.05, 3.63) is 64.3 Å². The molecular formula is C21H26N4O3. The van der Waals surface area contributed by atoms with Crippen LogP contribution in [0.1, 0.15) is 36.8 Å². The number of aromatic nitrogens is 4. The minimum atomic E-state index is -0.231. The lowest BCUT2D eigenvalue weighted by Crippen LogP contribution is -2.16. The third-order valence-corrected chi connectivity index (χ3v) is 4.31. The summed E-state index contributed by atoms with van der Waals surface area (Å²) in [6, 6.07) is 9.94. The quantitative estimate of drug-likeness (QED) is 0.429. The van der Waals surface area contributed by atoms with E-state index in [0.29, 0.717) is 54.7 Å². The van der Waals surface area contributed by atoms with Crippen LogP contribution in [0.3, 0.4) is 0 Å². The minimum Gasteiger partial charge on any atom is -0.492 e. The molecule has 0 saturated carbocycles. The highest BCUT2D eigenvalue weighted by atomic mass is 16.5. The Labute approximate surface area is 164 Å². The van der Waals surface area contributed by atoms with E-state index in [-0.39, 0.29) is 5.56 Å². The van der Waals surface area contributed by atoms with Gasteiger partial charge >= 0.3 is 0 Å². The molecule has 2 aromatic heterocycles. The summed E-state index contributed by atoms with van der Waals surface area (Å²) in [5, 5.41) is 4.54. The first-order valence-electron chi connectivity index (χ1n) is 9.51. The number of ether oxygens (including phenoxy) is 2. The van der Waals surface area contributed by atoms with Gasteiger partial charge in [-0.1, -0.05) is 50.3 Å². The molecule has 0 aliphatic heterocycles. The Morgan fingerprint density at radius 2 is 2.04 bits per heavy atom. The van der Waals surface area contributed by atoms with E-state index in [4.69, 9.17) is 9.47 Å². The van der Waals surface area contributed by atoms with Gasteiger partial charge in [0.1, 0.15) is 17.1 Å². The Bertz CT molecular complexity index is 992. The number of unbranched alkanes of at least 4 members (excludes halogenated alkanes) is 1. The first-order chi connectivity index (χ1) is 13.6. The van der Waals surface area contributed by atoms with Crippen molar-refractivity contribution in [3.63, 3.8) is 0 Å². The predicted molar refractivity (Wildman–Crippen MR) is 109 cm³/mol. The van der Waals surface area contributed by atoms with Crippen LogP contribution in [0.5, 0.6) is 0 Å². The van der Waals surface area contributed by atoms with Gasteiger partial charge in [0.2, 0.25) is 0 Å². The topological polar surface area (TPSA) is 82.0 Å². The fraction of sp³-hybridized carbons (Fsp3) is 0.381. The standard InChI is InChI=1S/C21H26N4O3/c1-4-5-12-28-15(2)18-19-20(21(26)23-16(3)22-19)25(24-18)11-13-27-14-17-9-7-6-8-10-17/h6-10H,2,4-5,11-14H2,1,3H3,(H,22,23,26). The number of hydrogen-bond acceptors (Lipinski definition) is 5. The maximum atomic E-state index is 12.5. The molecule has 7 nitrogen and oxygen atoms in total. The largest absolute Gasteiger partial charge is 0.492 e. The summed E-state index contributed by atoms with van der Waals surface area (Å²) in [5.41, 5.74) is 2.28. The smallest absolute Gasteiger partial charge is 0.277 e. The van der Waals surface area contributed by atoms with Gasteiger partial charge in [0, 0.05) is 0 Å². The van der Waals surface area contributed by atoms with E-state index in [0.717, 1.165) is 18.4 Å². The van der Waals surface area contributed by atoms with Crippen molar-refractivity contribution in [3.8, 4) is 0 Å². The molecule has 0 bridgehead atoms. The van der Waals surface area contributed by atoms with Crippen LogP contribution < -0.4 is 5.56 Å². The fourth-order valence-electron chi connectivity index (χ4n) is 2.88. The SMILES string of the molecule is C=C(OCCCC)c1nn(CCOCc2ccccc2)c2c(=O)[nH]c(C)nc12. The summed E-state index contributed by atoms with van der Waals surface area (Å²) in [6.07, 6.45) is 1.95. The molecule has 0 aliphatic rings. The normalized spacial score (nSPS) is 11.1. The first-order valence-corrected chi connectivity index (χ1v) is 9.51. The number of rotatable bonds is 10. The third kappa shape index (κ3) is 4.67. The minimum absolute atomic E-state index is 0.231. The Hall–Kier alpha value is -2.93. The van der Waals surface area contributed by atoms with Crippen LogP contribution in [-0.4, -0.2) is 33.0 Å². The number of fused-ring (bicyclic) bond motifs is 1. The molecule has 3 rings (SSSR count). The summed E-state index contributed by atoms with van der Waals surface area (Å²) >= 11 is 0. The number of nitrogens with one attached hydrogen (secondary N) is 1. The lowest BCUT2D eigenvalue weighted by Gasteiger charge is -2.06. The highest BCUT2D eigenvalue weighted by Gasteiger charge is 2.19. The van der Waals surface area contributed by atoms with Gasteiger partial charge in [-0.15, -0.1) is 0 Å². The number of aromatic amines is 1. The number of nitrogens with zero attached hydrogens (tertiary/aromatic N) is 3. The Morgan fingerprint density at radius 1 is 1.25 bits per heavy atom. The van der Waals surface area contributed by atoms with E-state index < -0.39 is 0 Å². The molecule has 0 aliphatic carbocycles. The first kappa shape index (κ1) is 19.8. The van der Waals surface area contributed by atoms with Crippen molar-refractivity contribution < 1.29 is 9.47 Å². The molecular weight excluding hydrogens is 356 g/mol. The fourth-order valence-corrected chi connectivity index (χ4v) is 2.88. The molecule has 1 aromatic carbocycles. The van der Waals surface area contributed by atoms with E-state index in [1.807, 2.05) is 30.3 Å². The maximum absolute atomic E-state index is 12.5. The molecule has 2 heterocycles. The van der Waals surface area contributed by atoms with Gasteiger partial charge in [-0.05, 0) is 18.9 Å². The molecule has 0 radical (unpaired) electrons. The molecule has 7 heteroatoms. The van der Waals surface area contributed by atoms with Gasteiger partial charge in [0.15, 0.2) is 11.2 Å². The molecule has 0 fully saturated rings. The second-order valence-electron chi connectivity index (χ2n) is 6.58. The summed E-state index contributed by atoms with van der Waals surface area (Å²) in [4.78, 5) is 19.7. The summed E-state index contributed by atoms with van der Waals surface area (Å²) in [5.74, 6) is 0.958. The summed E-state index contributed by atoms with van der Waals surface area (Å²) in [7, 11) is 0. The number of aryl methyl sites for hydroxylation is 1.